The summed E-state index contributed by atoms with van der Waals surface area (Å²) in [5.41, 5.74) is 6.43. The maximum absolute atomic E-state index is 5.33. The molecule has 0 heterocycles. The summed E-state index contributed by atoms with van der Waals surface area (Å²) in [6, 6.07) is 0. The second-order valence-corrected chi connectivity index (χ2v) is 1.53. The van der Waals surface area contributed by atoms with Crippen molar-refractivity contribution in [3.8, 4) is 0 Å². The summed E-state index contributed by atoms with van der Waals surface area (Å²) in [4.78, 5) is 3.67. The van der Waals surface area contributed by atoms with Gasteiger partial charge in [0.2, 0.25) is 0 Å². The molecule has 0 bridgehead atoms. The molecular formula is C5H9BN2. The number of rotatable bonds is 1. The average molecular weight is 108 g/mol. The third-order valence-corrected chi connectivity index (χ3v) is 0.724. The van der Waals surface area contributed by atoms with Gasteiger partial charge < -0.3 is 5.73 Å². The van der Waals surface area contributed by atoms with E-state index in [0.29, 0.717) is 11.2 Å². The molecule has 0 spiro atoms. The molecule has 2 radical (unpaired) electrons. The minimum absolute atomic E-state index is 0.535. The normalized spacial score (nSPS) is 14.2. The van der Waals surface area contributed by atoms with E-state index in [-0.39, 0.29) is 0 Å². The van der Waals surface area contributed by atoms with E-state index >= 15 is 0 Å². The van der Waals surface area contributed by atoms with Gasteiger partial charge in [-0.25, -0.2) is 0 Å². The smallest absolute Gasteiger partial charge is 0.118 e. The molecule has 0 saturated carbocycles. The lowest BCUT2D eigenvalue weighted by Crippen LogP contribution is -1.98. The van der Waals surface area contributed by atoms with Crippen LogP contribution in [0.25, 0.3) is 0 Å². The predicted molar refractivity (Wildman–Crippen MR) is 37.1 cm³/mol. The van der Waals surface area contributed by atoms with Gasteiger partial charge in [0.1, 0.15) is 7.85 Å². The Morgan fingerprint density at radius 2 is 2.25 bits per heavy atom. The zero-order valence-corrected chi connectivity index (χ0v) is 5.18. The van der Waals surface area contributed by atoms with Crippen molar-refractivity contribution in [3.63, 3.8) is 0 Å². The van der Waals surface area contributed by atoms with Crippen molar-refractivity contribution in [1.82, 2.24) is 0 Å². The summed E-state index contributed by atoms with van der Waals surface area (Å²) in [6.07, 6.45) is 1.52. The predicted octanol–water partition coefficient (Wildman–Crippen LogP) is 0.0457. The van der Waals surface area contributed by atoms with Crippen molar-refractivity contribution in [2.45, 2.75) is 6.92 Å². The molecule has 0 aromatic heterocycles. The van der Waals surface area contributed by atoms with Gasteiger partial charge >= 0.3 is 0 Å². The number of aliphatic imine (C=N–C) groups is 1. The molecular weight excluding hydrogens is 98.9 g/mol. The van der Waals surface area contributed by atoms with Crippen LogP contribution in [-0.2, 0) is 0 Å². The molecule has 0 aromatic carbocycles. The van der Waals surface area contributed by atoms with Crippen molar-refractivity contribution >= 4 is 14.1 Å². The fourth-order valence-corrected chi connectivity index (χ4v) is 0.241. The van der Waals surface area contributed by atoms with Crippen LogP contribution in [0.1, 0.15) is 6.92 Å². The van der Waals surface area contributed by atoms with Crippen molar-refractivity contribution in [1.29, 1.82) is 0 Å². The summed E-state index contributed by atoms with van der Waals surface area (Å²) in [7, 11) is 6.98. The first-order chi connectivity index (χ1) is 3.68. The van der Waals surface area contributed by atoms with E-state index in [2.05, 4.69) is 4.99 Å². The highest BCUT2D eigenvalue weighted by atomic mass is 14.6. The first kappa shape index (κ1) is 7.27. The molecule has 0 atom stereocenters. The Kier molecular flexibility index (Phi) is 3.00. The fourth-order valence-electron chi connectivity index (χ4n) is 0.241. The average Bonchev–Trinajstić information content (AvgIpc) is 1.67. The molecule has 0 unspecified atom stereocenters. The van der Waals surface area contributed by atoms with Gasteiger partial charge in [-0.05, 0) is 12.6 Å². The maximum atomic E-state index is 5.33. The molecule has 0 aliphatic rings. The highest BCUT2D eigenvalue weighted by Crippen LogP contribution is 1.85. The van der Waals surface area contributed by atoms with E-state index in [1.54, 1.807) is 14.0 Å². The Labute approximate surface area is 50.9 Å². The van der Waals surface area contributed by atoms with Crippen LogP contribution >= 0.6 is 0 Å². The first-order valence-electron chi connectivity index (χ1n) is 2.32. The van der Waals surface area contributed by atoms with Crippen molar-refractivity contribution in [3.05, 3.63) is 11.2 Å². The second kappa shape index (κ2) is 3.30. The van der Waals surface area contributed by atoms with Crippen molar-refractivity contribution in [2.24, 2.45) is 10.7 Å². The highest BCUT2D eigenvalue weighted by Gasteiger charge is 1.82. The summed E-state index contributed by atoms with van der Waals surface area (Å²) in [6.45, 7) is 1.73. The van der Waals surface area contributed by atoms with Crippen LogP contribution in [0.2, 0.25) is 0 Å². The Bertz CT molecular complexity index is 122. The van der Waals surface area contributed by atoms with E-state index < -0.39 is 0 Å². The van der Waals surface area contributed by atoms with Crippen LogP contribution in [-0.4, -0.2) is 21.1 Å². The molecule has 0 fully saturated rings. The Balaban J connectivity index is 4.00. The molecule has 3 heteroatoms. The van der Waals surface area contributed by atoms with E-state index in [9.17, 15) is 0 Å². The standard InChI is InChI=1S/C5H9BN2/c1-4(7)5(6)3-8-2/h3H,7H2,1-2H3/b5-4+,8-3?. The number of nitrogens with two attached hydrogens (primary N) is 1. The minimum Gasteiger partial charge on any atom is -0.403 e. The monoisotopic (exact) mass is 108 g/mol. The third kappa shape index (κ3) is 2.45. The van der Waals surface area contributed by atoms with Gasteiger partial charge in [0.15, 0.2) is 0 Å². The zero-order chi connectivity index (χ0) is 6.57. The zero-order valence-electron chi connectivity index (χ0n) is 5.18. The van der Waals surface area contributed by atoms with Crippen LogP contribution < -0.4 is 5.73 Å². The largest absolute Gasteiger partial charge is 0.403 e. The quantitative estimate of drug-likeness (QED) is 0.374. The van der Waals surface area contributed by atoms with Gasteiger partial charge in [-0.15, -0.1) is 0 Å². The molecule has 0 rings (SSSR count). The lowest BCUT2D eigenvalue weighted by molar-refractivity contribution is 1.31. The van der Waals surface area contributed by atoms with E-state index in [1.165, 1.54) is 6.21 Å². The maximum Gasteiger partial charge on any atom is 0.118 e. The van der Waals surface area contributed by atoms with Crippen LogP contribution in [0.3, 0.4) is 0 Å². The van der Waals surface area contributed by atoms with E-state index in [0.717, 1.165) is 0 Å². The van der Waals surface area contributed by atoms with Gasteiger partial charge in [0.05, 0.1) is 0 Å². The van der Waals surface area contributed by atoms with Gasteiger partial charge in [-0.2, -0.15) is 0 Å². The number of nitrogens with zero attached hydrogens (tertiary/aromatic N) is 1. The molecule has 8 heavy (non-hydrogen) atoms. The van der Waals surface area contributed by atoms with Crippen LogP contribution in [0, 0.1) is 0 Å². The van der Waals surface area contributed by atoms with Crippen LogP contribution in [0.4, 0.5) is 0 Å². The van der Waals surface area contributed by atoms with Gasteiger partial charge in [0, 0.05) is 13.3 Å². The molecule has 2 nitrogen and oxygen atoms in total. The summed E-state index contributed by atoms with van der Waals surface area (Å²) in [5.74, 6) is 0. The summed E-state index contributed by atoms with van der Waals surface area (Å²) in [5, 5.41) is 0. The lowest BCUT2D eigenvalue weighted by Gasteiger charge is -1.92. The summed E-state index contributed by atoms with van der Waals surface area (Å²) >= 11 is 0. The first-order valence-corrected chi connectivity index (χ1v) is 2.32. The van der Waals surface area contributed by atoms with Gasteiger partial charge in [-0.1, -0.05) is 5.47 Å². The molecule has 42 valence electrons. The Morgan fingerprint density at radius 1 is 1.75 bits per heavy atom. The molecule has 0 aliphatic heterocycles. The van der Waals surface area contributed by atoms with Crippen molar-refractivity contribution < 1.29 is 0 Å². The fraction of sp³-hybridized carbons (Fsp3) is 0.400. The van der Waals surface area contributed by atoms with E-state index in [4.69, 9.17) is 13.6 Å². The molecule has 2 N–H and O–H groups in total. The second-order valence-electron chi connectivity index (χ2n) is 1.53. The number of allylic oxidation sites excluding steroid dienone is 2. The van der Waals surface area contributed by atoms with Crippen LogP contribution in [0.5, 0.6) is 0 Å². The van der Waals surface area contributed by atoms with Crippen LogP contribution in [0.15, 0.2) is 16.2 Å². The molecule has 0 amide bonds. The molecule has 0 saturated heterocycles. The topological polar surface area (TPSA) is 38.4 Å². The SMILES string of the molecule is [B]/C(C=NC)=C(\C)N. The van der Waals surface area contributed by atoms with Gasteiger partial charge in [-0.3, -0.25) is 4.99 Å². The number of hydrogen-bond acceptors (Lipinski definition) is 2. The Morgan fingerprint density at radius 3 is 2.38 bits per heavy atom. The van der Waals surface area contributed by atoms with E-state index in [1.807, 2.05) is 0 Å². The minimum atomic E-state index is 0.535. The summed E-state index contributed by atoms with van der Waals surface area (Å²) < 4.78 is 0. The van der Waals surface area contributed by atoms with Crippen molar-refractivity contribution in [2.75, 3.05) is 7.05 Å². The Hall–Kier alpha value is -0.725. The molecule has 0 aromatic rings. The number of hydrogen-bond donors (Lipinski definition) is 1. The third-order valence-electron chi connectivity index (χ3n) is 0.724. The lowest BCUT2D eigenvalue weighted by atomic mass is 9.95. The van der Waals surface area contributed by atoms with Gasteiger partial charge in [0.25, 0.3) is 0 Å². The highest BCUT2D eigenvalue weighted by molar-refractivity contribution is 6.33. The molecule has 0 aliphatic carbocycles.